The van der Waals surface area contributed by atoms with Crippen molar-refractivity contribution < 1.29 is 29.0 Å². The molecule has 3 aliphatic heterocycles. The molecule has 11 nitrogen and oxygen atoms in total. The number of aromatic nitrogens is 2. The molecular formula is C29H29N5O6. The van der Waals surface area contributed by atoms with Gasteiger partial charge in [-0.25, -0.2) is 14.8 Å². The van der Waals surface area contributed by atoms with Gasteiger partial charge in [-0.2, -0.15) is 0 Å². The zero-order valence-electron chi connectivity index (χ0n) is 21.9. The van der Waals surface area contributed by atoms with Gasteiger partial charge < -0.3 is 24.0 Å². The third kappa shape index (κ3) is 5.32. The summed E-state index contributed by atoms with van der Waals surface area (Å²) in [6.45, 7) is 1.43. The van der Waals surface area contributed by atoms with Crippen LogP contribution in [0.4, 0.5) is 0 Å². The third-order valence-electron chi connectivity index (χ3n) is 7.31. The third-order valence-corrected chi connectivity index (χ3v) is 7.31. The number of hydrogen-bond donors (Lipinski definition) is 1. The smallest absolute Gasteiger partial charge is 0.335 e. The Balaban J connectivity index is 1.17. The molecule has 0 radical (unpaired) electrons. The van der Waals surface area contributed by atoms with E-state index in [2.05, 4.69) is 9.98 Å². The van der Waals surface area contributed by atoms with Gasteiger partial charge in [-0.3, -0.25) is 14.5 Å². The Morgan fingerprint density at radius 2 is 1.93 bits per heavy atom. The van der Waals surface area contributed by atoms with Crippen molar-refractivity contribution in [3.05, 3.63) is 77.4 Å². The molecule has 1 atom stereocenters. The first-order chi connectivity index (χ1) is 19.4. The Kier molecular flexibility index (Phi) is 7.04. The summed E-state index contributed by atoms with van der Waals surface area (Å²) >= 11 is 0. The molecule has 3 aliphatic rings. The number of allylic oxidation sites excluding steroid dienone is 1. The van der Waals surface area contributed by atoms with Gasteiger partial charge in [0.05, 0.1) is 35.8 Å². The highest BCUT2D eigenvalue weighted by Crippen LogP contribution is 2.25. The van der Waals surface area contributed by atoms with E-state index in [4.69, 9.17) is 9.47 Å². The standard InChI is InChI=1S/C29H29N5O6/c35-27-17-34(24-7-4-8-26(31-24)40-18-19-5-2-1-3-6-19)28(36)16-32(27)15-25-30-22-10-9-20(29(37)38)13-23(22)33(25)14-21-11-12-39-21/h1-3,5-7,9-10,13,21H,4,8,11-12,14-18H2,(H,37,38). The first-order valence-corrected chi connectivity index (χ1v) is 13.3. The quantitative estimate of drug-likeness (QED) is 0.463. The summed E-state index contributed by atoms with van der Waals surface area (Å²) in [5, 5.41) is 9.47. The monoisotopic (exact) mass is 543 g/mol. The van der Waals surface area contributed by atoms with E-state index in [1.165, 1.54) is 15.9 Å². The predicted molar refractivity (Wildman–Crippen MR) is 144 cm³/mol. The molecule has 1 unspecified atom stereocenters. The number of nitrogens with zero attached hydrogens (tertiary/aromatic N) is 5. The molecular weight excluding hydrogens is 514 g/mol. The number of hydrogen-bond acceptors (Lipinski definition) is 7. The lowest BCUT2D eigenvalue weighted by molar-refractivity contribution is -0.149. The van der Waals surface area contributed by atoms with E-state index in [9.17, 15) is 19.5 Å². The molecule has 2 fully saturated rings. The minimum absolute atomic E-state index is 0.00628. The molecule has 3 aromatic rings. The lowest BCUT2D eigenvalue weighted by Crippen LogP contribution is -2.53. The van der Waals surface area contributed by atoms with Gasteiger partial charge in [0.1, 0.15) is 31.3 Å². The van der Waals surface area contributed by atoms with Crippen LogP contribution in [0.1, 0.15) is 41.0 Å². The van der Waals surface area contributed by atoms with E-state index >= 15 is 0 Å². The maximum atomic E-state index is 13.2. The van der Waals surface area contributed by atoms with Crippen molar-refractivity contribution in [1.82, 2.24) is 19.4 Å². The SMILES string of the molecule is O=C(O)c1ccc2nc(CN3CC(=O)N(C4=CCCC(OCc5ccccc5)=N4)CC3=O)n(CC3CCO3)c2c1. The average Bonchev–Trinajstić information content (AvgIpc) is 3.28. The van der Waals surface area contributed by atoms with Crippen LogP contribution >= 0.6 is 0 Å². The van der Waals surface area contributed by atoms with Crippen LogP contribution in [0.3, 0.4) is 0 Å². The van der Waals surface area contributed by atoms with Crippen LogP contribution in [0.5, 0.6) is 0 Å². The van der Waals surface area contributed by atoms with Gasteiger partial charge >= 0.3 is 5.97 Å². The fourth-order valence-corrected chi connectivity index (χ4v) is 5.02. The van der Waals surface area contributed by atoms with Crippen LogP contribution in [0.25, 0.3) is 11.0 Å². The van der Waals surface area contributed by atoms with Gasteiger partial charge in [-0.1, -0.05) is 30.3 Å². The normalized spacial score (nSPS) is 19.4. The number of carboxylic acid groups (broad SMARTS) is 1. The molecule has 6 rings (SSSR count). The van der Waals surface area contributed by atoms with Crippen molar-refractivity contribution in [3.8, 4) is 0 Å². The minimum Gasteiger partial charge on any atom is -0.478 e. The summed E-state index contributed by atoms with van der Waals surface area (Å²) in [4.78, 5) is 50.1. The van der Waals surface area contributed by atoms with E-state index < -0.39 is 5.97 Å². The highest BCUT2D eigenvalue weighted by atomic mass is 16.5. The topological polar surface area (TPSA) is 127 Å². The molecule has 2 aromatic carbocycles. The summed E-state index contributed by atoms with van der Waals surface area (Å²) in [7, 11) is 0. The lowest BCUT2D eigenvalue weighted by atomic mass is 10.1. The summed E-state index contributed by atoms with van der Waals surface area (Å²) in [5.74, 6) is 0.0600. The van der Waals surface area contributed by atoms with Gasteiger partial charge in [0, 0.05) is 13.0 Å². The molecule has 0 spiro atoms. The van der Waals surface area contributed by atoms with Gasteiger partial charge in [0.2, 0.25) is 11.8 Å². The number of carbonyl (C=O) groups is 3. The summed E-state index contributed by atoms with van der Waals surface area (Å²) in [6.07, 6.45) is 4.03. The maximum absolute atomic E-state index is 13.2. The molecule has 0 saturated carbocycles. The lowest BCUT2D eigenvalue weighted by Gasteiger charge is -2.34. The molecule has 4 heterocycles. The summed E-state index contributed by atoms with van der Waals surface area (Å²) in [5.41, 5.74) is 2.47. The number of carboxylic acids is 1. The number of aromatic carboxylic acids is 1. The van der Waals surface area contributed by atoms with E-state index in [0.29, 0.717) is 61.2 Å². The Morgan fingerprint density at radius 1 is 1.10 bits per heavy atom. The van der Waals surface area contributed by atoms with E-state index in [1.807, 2.05) is 41.0 Å². The fourth-order valence-electron chi connectivity index (χ4n) is 5.02. The van der Waals surface area contributed by atoms with Gasteiger partial charge in [0.15, 0.2) is 5.90 Å². The molecule has 2 saturated heterocycles. The highest BCUT2D eigenvalue weighted by Gasteiger charge is 2.34. The first kappa shape index (κ1) is 25.8. The zero-order valence-corrected chi connectivity index (χ0v) is 21.9. The zero-order chi connectivity index (χ0) is 27.6. The maximum Gasteiger partial charge on any atom is 0.335 e. The number of rotatable bonds is 8. The van der Waals surface area contributed by atoms with Crippen LogP contribution in [0, 0.1) is 0 Å². The molecule has 11 heteroatoms. The van der Waals surface area contributed by atoms with Gasteiger partial charge in [-0.15, -0.1) is 0 Å². The molecule has 1 aromatic heterocycles. The van der Waals surface area contributed by atoms with Crippen molar-refractivity contribution in [2.45, 2.75) is 45.1 Å². The number of benzene rings is 2. The van der Waals surface area contributed by atoms with Crippen molar-refractivity contribution in [2.24, 2.45) is 4.99 Å². The van der Waals surface area contributed by atoms with Gasteiger partial charge in [-0.05, 0) is 42.7 Å². The number of piperazine rings is 1. The number of fused-ring (bicyclic) bond motifs is 1. The number of aliphatic imine (C=N–C) groups is 1. The second-order valence-electron chi connectivity index (χ2n) is 10.0. The Hall–Kier alpha value is -4.51. The molecule has 0 aliphatic carbocycles. The Morgan fingerprint density at radius 3 is 2.67 bits per heavy atom. The van der Waals surface area contributed by atoms with Crippen molar-refractivity contribution in [1.29, 1.82) is 0 Å². The first-order valence-electron chi connectivity index (χ1n) is 13.3. The number of imidazole rings is 1. The largest absolute Gasteiger partial charge is 0.478 e. The Labute approximate surface area is 230 Å². The van der Waals surface area contributed by atoms with Crippen LogP contribution in [-0.4, -0.2) is 73.9 Å². The van der Waals surface area contributed by atoms with Crippen LogP contribution in [-0.2, 0) is 38.8 Å². The number of carbonyl (C=O) groups excluding carboxylic acids is 2. The molecule has 40 heavy (non-hydrogen) atoms. The Bertz CT molecular complexity index is 1520. The van der Waals surface area contributed by atoms with Crippen LogP contribution in [0.15, 0.2) is 65.4 Å². The van der Waals surface area contributed by atoms with E-state index in [0.717, 1.165) is 12.0 Å². The van der Waals surface area contributed by atoms with Crippen molar-refractivity contribution in [3.63, 3.8) is 0 Å². The molecule has 0 bridgehead atoms. The van der Waals surface area contributed by atoms with E-state index in [1.54, 1.807) is 12.1 Å². The van der Waals surface area contributed by atoms with Gasteiger partial charge in [0.25, 0.3) is 0 Å². The molecule has 1 N–H and O–H groups in total. The van der Waals surface area contributed by atoms with Crippen molar-refractivity contribution >= 4 is 34.7 Å². The van der Waals surface area contributed by atoms with Crippen LogP contribution in [0.2, 0.25) is 0 Å². The number of amides is 2. The minimum atomic E-state index is -1.03. The van der Waals surface area contributed by atoms with Crippen LogP contribution < -0.4 is 0 Å². The average molecular weight is 544 g/mol. The highest BCUT2D eigenvalue weighted by molar-refractivity contribution is 5.94. The summed E-state index contributed by atoms with van der Waals surface area (Å²) < 4.78 is 13.4. The second kappa shape index (κ2) is 10.9. The number of ether oxygens (including phenoxy) is 2. The molecule has 206 valence electrons. The van der Waals surface area contributed by atoms with Crippen molar-refractivity contribution in [2.75, 3.05) is 19.7 Å². The summed E-state index contributed by atoms with van der Waals surface area (Å²) in [6, 6.07) is 14.5. The predicted octanol–water partition coefficient (Wildman–Crippen LogP) is 2.94. The van der Waals surface area contributed by atoms with E-state index in [-0.39, 0.29) is 43.1 Å². The molecule has 2 amide bonds. The second-order valence-corrected chi connectivity index (χ2v) is 10.0. The fraction of sp³-hybridized carbons (Fsp3) is 0.345.